The van der Waals surface area contributed by atoms with Gasteiger partial charge in [0.25, 0.3) is 5.91 Å². The van der Waals surface area contributed by atoms with Crippen LogP contribution in [0.5, 0.6) is 11.5 Å². The van der Waals surface area contributed by atoms with Crippen LogP contribution in [0.25, 0.3) is 5.69 Å². The summed E-state index contributed by atoms with van der Waals surface area (Å²) in [6.07, 6.45) is 3.73. The van der Waals surface area contributed by atoms with Crippen LogP contribution < -0.4 is 5.32 Å². The monoisotopic (exact) mass is 435 g/mol. The Labute approximate surface area is 182 Å². The van der Waals surface area contributed by atoms with E-state index in [0.717, 1.165) is 5.56 Å². The number of fused-ring (bicyclic) bond motifs is 2. The third kappa shape index (κ3) is 3.18. The van der Waals surface area contributed by atoms with Gasteiger partial charge in [0, 0.05) is 11.6 Å². The van der Waals surface area contributed by atoms with Crippen molar-refractivity contribution in [3.63, 3.8) is 0 Å². The lowest BCUT2D eigenvalue weighted by Crippen LogP contribution is -2.49. The molecule has 2 aliphatic rings. The van der Waals surface area contributed by atoms with Crippen molar-refractivity contribution in [1.82, 2.24) is 9.55 Å². The minimum atomic E-state index is -1.63. The lowest BCUT2D eigenvalue weighted by Gasteiger charge is -2.40. The number of carbonyl (C=O) groups is 2. The van der Waals surface area contributed by atoms with Crippen molar-refractivity contribution in [2.24, 2.45) is 0 Å². The molecule has 1 aliphatic heterocycles. The first-order valence-electron chi connectivity index (χ1n) is 10.2. The normalized spacial score (nSPS) is 24.2. The Morgan fingerprint density at radius 1 is 1.09 bits per heavy atom. The van der Waals surface area contributed by atoms with Gasteiger partial charge in [0.05, 0.1) is 17.4 Å². The third-order valence-corrected chi connectivity index (χ3v) is 6.29. The highest BCUT2D eigenvalue weighted by molar-refractivity contribution is 5.97. The second kappa shape index (κ2) is 7.10. The van der Waals surface area contributed by atoms with E-state index in [-0.39, 0.29) is 41.8 Å². The fourth-order valence-corrected chi connectivity index (χ4v) is 4.48. The number of carbonyl (C=O) groups excluding carboxylic acids is 2. The zero-order chi connectivity index (χ0) is 22.5. The first-order chi connectivity index (χ1) is 15.3. The lowest BCUT2D eigenvalue weighted by molar-refractivity contribution is -0.144. The fraction of sp³-hybridized carbons (Fsp3) is 0.261. The average molecular weight is 435 g/mol. The Balaban J connectivity index is 1.30. The summed E-state index contributed by atoms with van der Waals surface area (Å²) in [7, 11) is 0. The zero-order valence-electron chi connectivity index (χ0n) is 17.0. The van der Waals surface area contributed by atoms with Crippen LogP contribution in [0.15, 0.2) is 55.0 Å². The maximum absolute atomic E-state index is 12.9. The molecule has 1 spiro atoms. The van der Waals surface area contributed by atoms with E-state index < -0.39 is 17.1 Å². The molecular formula is C23H21N3O6. The number of aromatic hydroxyl groups is 2. The molecule has 1 aliphatic carbocycles. The smallest absolute Gasteiger partial charge is 0.339 e. The number of phenols is 2. The molecule has 5 rings (SSSR count). The van der Waals surface area contributed by atoms with Gasteiger partial charge in [-0.3, -0.25) is 4.79 Å². The number of amides is 1. The van der Waals surface area contributed by atoms with E-state index in [1.54, 1.807) is 12.1 Å². The standard InChI is InChI=1S/C23H21N3O6/c27-14-5-6-18(28)17(11-14)26-12-19(24-13-26)25-21(30)22(31)7-9-23(10-8-22)16-4-2-1-3-15(16)20(29)32-23/h1-6,11-13,27-28,31H,7-10H2,(H,25,30). The number of benzene rings is 2. The molecule has 0 saturated heterocycles. The molecule has 9 nitrogen and oxygen atoms in total. The highest BCUT2D eigenvalue weighted by Gasteiger charge is 2.52. The Morgan fingerprint density at radius 2 is 1.84 bits per heavy atom. The molecule has 2 heterocycles. The molecule has 32 heavy (non-hydrogen) atoms. The number of anilines is 1. The number of ether oxygens (including phenoxy) is 1. The van der Waals surface area contributed by atoms with Gasteiger partial charge in [-0.25, -0.2) is 9.78 Å². The number of imidazole rings is 1. The van der Waals surface area contributed by atoms with Crippen molar-refractivity contribution in [2.75, 3.05) is 5.32 Å². The molecule has 0 bridgehead atoms. The van der Waals surface area contributed by atoms with Gasteiger partial charge in [0.1, 0.15) is 29.0 Å². The van der Waals surface area contributed by atoms with Gasteiger partial charge in [0.2, 0.25) is 0 Å². The summed E-state index contributed by atoms with van der Waals surface area (Å²) in [4.78, 5) is 29.2. The second-order valence-corrected chi connectivity index (χ2v) is 8.25. The van der Waals surface area contributed by atoms with Crippen molar-refractivity contribution in [1.29, 1.82) is 0 Å². The summed E-state index contributed by atoms with van der Waals surface area (Å²) in [5.41, 5.74) is -0.820. The number of aliphatic hydroxyl groups is 1. The van der Waals surface area contributed by atoms with Crippen LogP contribution >= 0.6 is 0 Å². The third-order valence-electron chi connectivity index (χ3n) is 6.29. The summed E-state index contributed by atoms with van der Waals surface area (Å²) >= 11 is 0. The number of phenolic OH excluding ortho intramolecular Hbond substituents is 2. The number of rotatable bonds is 3. The van der Waals surface area contributed by atoms with Gasteiger partial charge >= 0.3 is 5.97 Å². The molecule has 1 saturated carbocycles. The van der Waals surface area contributed by atoms with Crippen LogP contribution in [0.3, 0.4) is 0 Å². The summed E-state index contributed by atoms with van der Waals surface area (Å²) in [5.74, 6) is -0.895. The number of nitrogens with one attached hydrogen (secondary N) is 1. The van der Waals surface area contributed by atoms with Crippen LogP contribution in [-0.4, -0.2) is 42.3 Å². The predicted molar refractivity (Wildman–Crippen MR) is 112 cm³/mol. The van der Waals surface area contributed by atoms with E-state index >= 15 is 0 Å². The van der Waals surface area contributed by atoms with Crippen LogP contribution in [0.4, 0.5) is 5.82 Å². The number of nitrogens with zero attached hydrogens (tertiary/aromatic N) is 2. The van der Waals surface area contributed by atoms with E-state index in [4.69, 9.17) is 4.74 Å². The fourth-order valence-electron chi connectivity index (χ4n) is 4.48. The largest absolute Gasteiger partial charge is 0.508 e. The second-order valence-electron chi connectivity index (χ2n) is 8.25. The Kier molecular flexibility index (Phi) is 4.45. The van der Waals surface area contributed by atoms with Crippen molar-refractivity contribution in [2.45, 2.75) is 36.9 Å². The molecule has 164 valence electrons. The Hall–Kier alpha value is -3.85. The summed E-state index contributed by atoms with van der Waals surface area (Å²) in [6.45, 7) is 0. The number of esters is 1. The first kappa shape index (κ1) is 20.1. The van der Waals surface area contributed by atoms with Gasteiger partial charge in [-0.2, -0.15) is 0 Å². The minimum absolute atomic E-state index is 0.0308. The first-order valence-corrected chi connectivity index (χ1v) is 10.2. The van der Waals surface area contributed by atoms with E-state index in [0.29, 0.717) is 18.4 Å². The number of hydrogen-bond acceptors (Lipinski definition) is 7. The highest BCUT2D eigenvalue weighted by Crippen LogP contribution is 2.49. The number of hydrogen-bond donors (Lipinski definition) is 4. The van der Waals surface area contributed by atoms with E-state index in [9.17, 15) is 24.9 Å². The maximum atomic E-state index is 12.9. The molecule has 1 amide bonds. The lowest BCUT2D eigenvalue weighted by atomic mass is 9.72. The summed E-state index contributed by atoms with van der Waals surface area (Å²) in [6, 6.07) is 11.3. The molecule has 0 unspecified atom stereocenters. The van der Waals surface area contributed by atoms with Gasteiger partial charge in [-0.05, 0) is 43.9 Å². The van der Waals surface area contributed by atoms with Crippen LogP contribution in [-0.2, 0) is 15.1 Å². The van der Waals surface area contributed by atoms with Gasteiger partial charge in [-0.1, -0.05) is 18.2 Å². The molecule has 1 fully saturated rings. The van der Waals surface area contributed by atoms with Crippen LogP contribution in [0, 0.1) is 0 Å². The van der Waals surface area contributed by atoms with Crippen molar-refractivity contribution >= 4 is 17.7 Å². The molecule has 4 N–H and O–H groups in total. The summed E-state index contributed by atoms with van der Waals surface area (Å²) < 4.78 is 7.13. The van der Waals surface area contributed by atoms with Crippen LogP contribution in [0.1, 0.15) is 41.6 Å². The Bertz CT molecular complexity index is 1230. The maximum Gasteiger partial charge on any atom is 0.339 e. The minimum Gasteiger partial charge on any atom is -0.508 e. The number of aromatic nitrogens is 2. The molecule has 2 aromatic carbocycles. The van der Waals surface area contributed by atoms with Crippen molar-refractivity contribution < 1.29 is 29.6 Å². The predicted octanol–water partition coefficient (Wildman–Crippen LogP) is 2.59. The molecule has 3 aromatic rings. The summed E-state index contributed by atoms with van der Waals surface area (Å²) in [5, 5.41) is 33.2. The molecule has 1 aromatic heterocycles. The van der Waals surface area contributed by atoms with E-state index in [1.807, 2.05) is 12.1 Å². The molecule has 0 atom stereocenters. The SMILES string of the molecule is O=C1OC2(CCC(O)(C(=O)Nc3cn(-c4cc(O)ccc4O)cn3)CC2)c2ccccc21. The topological polar surface area (TPSA) is 134 Å². The zero-order valence-corrected chi connectivity index (χ0v) is 17.0. The van der Waals surface area contributed by atoms with E-state index in [2.05, 4.69) is 10.3 Å². The van der Waals surface area contributed by atoms with Gasteiger partial charge < -0.3 is 29.9 Å². The highest BCUT2D eigenvalue weighted by atomic mass is 16.6. The van der Waals surface area contributed by atoms with Crippen molar-refractivity contribution in [3.8, 4) is 17.2 Å². The molecule has 9 heteroatoms. The van der Waals surface area contributed by atoms with Crippen LogP contribution in [0.2, 0.25) is 0 Å². The quantitative estimate of drug-likeness (QED) is 0.367. The van der Waals surface area contributed by atoms with E-state index in [1.165, 1.54) is 35.3 Å². The van der Waals surface area contributed by atoms with Gasteiger partial charge in [-0.15, -0.1) is 0 Å². The van der Waals surface area contributed by atoms with Gasteiger partial charge in [0.15, 0.2) is 5.82 Å². The average Bonchev–Trinajstić information content (AvgIpc) is 3.35. The van der Waals surface area contributed by atoms with Crippen molar-refractivity contribution in [3.05, 3.63) is 66.1 Å². The Morgan fingerprint density at radius 3 is 2.62 bits per heavy atom. The molecular weight excluding hydrogens is 414 g/mol. The molecule has 0 radical (unpaired) electrons.